The molecule has 4 aliphatic carbocycles. The van der Waals surface area contributed by atoms with Gasteiger partial charge in [0.25, 0.3) is 0 Å². The molecular formula is C82H46B2N2. The first-order chi connectivity index (χ1) is 42.7. The summed E-state index contributed by atoms with van der Waals surface area (Å²) in [7, 11) is 0. The van der Waals surface area contributed by atoms with Gasteiger partial charge in [-0.15, -0.1) is 0 Å². The van der Waals surface area contributed by atoms with Crippen LogP contribution in [0, 0.1) is 0 Å². The molecule has 390 valence electrons. The maximum Gasteiger partial charge on any atom is 0.248 e. The van der Waals surface area contributed by atoms with Gasteiger partial charge in [0.1, 0.15) is 0 Å². The number of fused-ring (bicyclic) bond motifs is 26. The lowest BCUT2D eigenvalue weighted by Crippen LogP contribution is -2.66. The predicted octanol–water partition coefficient (Wildman–Crippen LogP) is 15.6. The van der Waals surface area contributed by atoms with Gasteiger partial charge in [-0.3, -0.25) is 0 Å². The van der Waals surface area contributed by atoms with E-state index in [9.17, 15) is 0 Å². The van der Waals surface area contributed by atoms with E-state index >= 15 is 0 Å². The lowest BCUT2D eigenvalue weighted by Gasteiger charge is -2.47. The number of anilines is 6. The first kappa shape index (κ1) is 44.9. The second kappa shape index (κ2) is 15.4. The van der Waals surface area contributed by atoms with Crippen molar-refractivity contribution < 1.29 is 0 Å². The van der Waals surface area contributed by atoms with Crippen molar-refractivity contribution in [2.45, 2.75) is 10.8 Å². The second-order valence-corrected chi connectivity index (χ2v) is 25.2. The van der Waals surface area contributed by atoms with E-state index in [1.807, 2.05) is 0 Å². The smallest absolute Gasteiger partial charge is 0.248 e. The minimum absolute atomic E-state index is 0.0753. The Morgan fingerprint density at radius 3 is 0.942 bits per heavy atom. The molecule has 0 saturated heterocycles. The van der Waals surface area contributed by atoms with E-state index in [0.29, 0.717) is 0 Å². The van der Waals surface area contributed by atoms with E-state index in [1.54, 1.807) is 0 Å². The summed E-state index contributed by atoms with van der Waals surface area (Å²) in [6, 6.07) is 108. The van der Waals surface area contributed by atoms with E-state index in [1.165, 1.54) is 177 Å². The molecule has 86 heavy (non-hydrogen) atoms. The van der Waals surface area contributed by atoms with E-state index in [2.05, 4.69) is 289 Å². The fourth-order valence-corrected chi connectivity index (χ4v) is 19.0. The minimum atomic E-state index is -0.498. The summed E-state index contributed by atoms with van der Waals surface area (Å²) >= 11 is 0. The number of benzene rings is 14. The van der Waals surface area contributed by atoms with Gasteiger partial charge in [0, 0.05) is 34.1 Å². The maximum absolute atomic E-state index is 2.71. The zero-order valence-electron chi connectivity index (χ0n) is 46.6. The Labute approximate surface area is 498 Å². The minimum Gasteiger partial charge on any atom is -0.311 e. The van der Waals surface area contributed by atoms with Gasteiger partial charge in [0.05, 0.1) is 10.8 Å². The van der Waals surface area contributed by atoms with Gasteiger partial charge in [0.2, 0.25) is 13.4 Å². The van der Waals surface area contributed by atoms with Crippen molar-refractivity contribution in [1.82, 2.24) is 0 Å². The van der Waals surface area contributed by atoms with Gasteiger partial charge < -0.3 is 9.80 Å². The van der Waals surface area contributed by atoms with Crippen LogP contribution in [0.1, 0.15) is 44.5 Å². The normalized spacial score (nSPS) is 15.3. The van der Waals surface area contributed by atoms with Crippen molar-refractivity contribution in [3.63, 3.8) is 0 Å². The predicted molar refractivity (Wildman–Crippen MR) is 358 cm³/mol. The van der Waals surface area contributed by atoms with Crippen LogP contribution in [0.2, 0.25) is 0 Å². The molecule has 2 nitrogen and oxygen atoms in total. The summed E-state index contributed by atoms with van der Waals surface area (Å²) in [5, 5.41) is 5.37. The highest BCUT2D eigenvalue weighted by molar-refractivity contribution is 7.05. The topological polar surface area (TPSA) is 6.48 Å². The lowest BCUT2D eigenvalue weighted by molar-refractivity contribution is 0.794. The van der Waals surface area contributed by atoms with Gasteiger partial charge in [0.15, 0.2) is 0 Å². The zero-order chi connectivity index (χ0) is 55.5. The van der Waals surface area contributed by atoms with E-state index in [0.717, 1.165) is 11.4 Å². The van der Waals surface area contributed by atoms with Gasteiger partial charge >= 0.3 is 0 Å². The van der Waals surface area contributed by atoms with Crippen LogP contribution < -0.4 is 42.6 Å². The molecule has 2 spiro atoms. The summed E-state index contributed by atoms with van der Waals surface area (Å²) in [5.41, 5.74) is 38.8. The second-order valence-electron chi connectivity index (χ2n) is 25.2. The van der Waals surface area contributed by atoms with Gasteiger partial charge in [-0.05, 0) is 192 Å². The van der Waals surface area contributed by atoms with Crippen LogP contribution in [0.4, 0.5) is 34.1 Å². The van der Waals surface area contributed by atoms with Crippen molar-refractivity contribution in [2.75, 3.05) is 9.80 Å². The Morgan fingerprint density at radius 1 is 0.233 bits per heavy atom. The Hall–Kier alpha value is -10.7. The molecule has 22 rings (SSSR count). The number of hydrogen-bond donors (Lipinski definition) is 0. The Bertz CT molecular complexity index is 5100. The van der Waals surface area contributed by atoms with E-state index < -0.39 is 10.8 Å². The summed E-state index contributed by atoms with van der Waals surface area (Å²) in [5.74, 6) is 0. The van der Waals surface area contributed by atoms with Gasteiger partial charge in [-0.25, -0.2) is 0 Å². The third-order valence-electron chi connectivity index (χ3n) is 21.8. The average molecular weight is 1080 g/mol. The van der Waals surface area contributed by atoms with Crippen LogP contribution in [0.25, 0.3) is 77.2 Å². The molecule has 0 unspecified atom stereocenters. The molecule has 14 aromatic carbocycles. The monoisotopic (exact) mass is 1080 g/mol. The molecule has 0 amide bonds. The van der Waals surface area contributed by atoms with E-state index in [4.69, 9.17) is 0 Å². The Balaban J connectivity index is 0.905. The summed E-state index contributed by atoms with van der Waals surface area (Å²) < 4.78 is 0. The first-order valence-corrected chi connectivity index (χ1v) is 30.6. The van der Waals surface area contributed by atoms with Crippen LogP contribution >= 0.6 is 0 Å². The van der Waals surface area contributed by atoms with Crippen LogP contribution in [-0.4, -0.2) is 13.4 Å². The first-order valence-electron chi connectivity index (χ1n) is 30.6. The van der Waals surface area contributed by atoms with Crippen molar-refractivity contribution in [2.24, 2.45) is 0 Å². The van der Waals surface area contributed by atoms with Gasteiger partial charge in [-0.1, -0.05) is 241 Å². The molecule has 4 aliphatic heterocycles. The maximum atomic E-state index is 2.71. The molecule has 8 aliphatic rings. The molecule has 0 bridgehead atoms. The largest absolute Gasteiger partial charge is 0.311 e. The zero-order valence-corrected chi connectivity index (χ0v) is 46.6. The average Bonchev–Trinajstić information content (AvgIpc) is 1.04. The Morgan fingerprint density at radius 2 is 0.570 bits per heavy atom. The number of rotatable bonds is 2. The molecule has 0 N–H and O–H groups in total. The summed E-state index contributed by atoms with van der Waals surface area (Å²) in [6.07, 6.45) is 0. The van der Waals surface area contributed by atoms with Crippen LogP contribution in [-0.2, 0) is 10.8 Å². The van der Waals surface area contributed by atoms with Crippen LogP contribution in [0.15, 0.2) is 279 Å². The molecule has 0 aromatic heterocycles. The summed E-state index contributed by atoms with van der Waals surface area (Å²) in [4.78, 5) is 5.33. The third-order valence-corrected chi connectivity index (χ3v) is 21.8. The summed E-state index contributed by atoms with van der Waals surface area (Å²) in [6.45, 7) is -0.151. The fourth-order valence-electron chi connectivity index (χ4n) is 19.0. The highest BCUT2D eigenvalue weighted by atomic mass is 15.2. The molecule has 0 atom stereocenters. The highest BCUT2D eigenvalue weighted by Gasteiger charge is 2.57. The number of para-hydroxylation sites is 2. The molecule has 14 aromatic rings. The highest BCUT2D eigenvalue weighted by Crippen LogP contribution is 2.66. The lowest BCUT2D eigenvalue weighted by atomic mass is 9.26. The van der Waals surface area contributed by atoms with E-state index in [-0.39, 0.29) is 13.4 Å². The Kier molecular flexibility index (Phi) is 8.01. The third kappa shape index (κ3) is 4.92. The molecular weight excluding hydrogens is 1030 g/mol. The fraction of sp³-hybridized carbons (Fsp3) is 0.0244. The standard InChI is InChI=1S/C82H46B2N2/c1-3-23-49(24-4-1)85-71-42-57-55-31-11-17-37-63(55)81(59-33-13-7-27-51(59)52-28-8-14-34-60(52)81)65(57)44-69(71)83-67-39-19-21-47-41-48-22-20-40-68-76(48)77(75(47)67)78-79(83)73(85)46-74-80(78)84(68)70-45-66-58(43-72(70)86(74)50-25-5-2-6-26-50)56-32-12-18-38-64(56)82(66)61-35-15-9-29-53(61)54-30-10-16-36-62(54)82/h1-46H. The molecule has 4 heterocycles. The van der Waals surface area contributed by atoms with Crippen molar-refractivity contribution in [3.05, 3.63) is 324 Å². The van der Waals surface area contributed by atoms with Crippen molar-refractivity contribution in [1.29, 1.82) is 0 Å². The molecule has 4 heteroatoms. The van der Waals surface area contributed by atoms with Gasteiger partial charge in [-0.2, -0.15) is 0 Å². The molecule has 0 saturated carbocycles. The van der Waals surface area contributed by atoms with Crippen LogP contribution in [0.5, 0.6) is 0 Å². The van der Waals surface area contributed by atoms with Crippen molar-refractivity contribution in [3.8, 4) is 55.6 Å². The quantitative estimate of drug-likeness (QED) is 0.126. The molecule has 0 fully saturated rings. The SMILES string of the molecule is c1ccc(N2c3cc4c(cc3B3c5c2cc2c6c5-c5c7c3cccc7cc3cccc(c53)B6c3cc5c(cc3N2c2ccccc2)-c2ccccc2C52c3ccccc3-c3ccccc32)C2(c3ccccc3-c3ccccc32)c2ccccc2-4)cc1. The van der Waals surface area contributed by atoms with Crippen LogP contribution in [0.3, 0.4) is 0 Å². The van der Waals surface area contributed by atoms with Crippen molar-refractivity contribution >= 4 is 102 Å². The number of hydrogen-bond acceptors (Lipinski definition) is 2. The number of nitrogens with zero attached hydrogens (tertiary/aromatic N) is 2. The molecule has 0 radical (unpaired) electrons.